The topological polar surface area (TPSA) is 26.0 Å². The molecular weight excluding hydrogens is 214 g/mol. The second kappa shape index (κ2) is 6.97. The Morgan fingerprint density at radius 1 is 1.25 bits per heavy atom. The molecule has 0 spiro atoms. The van der Waals surface area contributed by atoms with Gasteiger partial charge in [0.15, 0.2) is 0 Å². The molecule has 0 aliphatic rings. The third-order valence-corrected chi connectivity index (χ3v) is 4.49. The van der Waals surface area contributed by atoms with E-state index in [2.05, 4.69) is 45.0 Å². The van der Waals surface area contributed by atoms with Crippen molar-refractivity contribution in [1.29, 1.82) is 0 Å². The van der Waals surface area contributed by atoms with E-state index in [0.717, 1.165) is 12.5 Å². The van der Waals surface area contributed by atoms with E-state index in [-0.39, 0.29) is 0 Å². The zero-order valence-corrected chi connectivity index (χ0v) is 11.4. The Morgan fingerprint density at radius 2 is 1.94 bits per heavy atom. The standard InChI is InChI=1S/C14H23NS/c1-4-12(5-2)14(10-15)16-13-8-6-7-11(3)9-13/h6-9,12,14H,4-5,10,15H2,1-3H3. The Morgan fingerprint density at radius 3 is 2.44 bits per heavy atom. The van der Waals surface area contributed by atoms with Crippen LogP contribution in [0.15, 0.2) is 29.2 Å². The minimum absolute atomic E-state index is 0.553. The number of thioether (sulfide) groups is 1. The van der Waals surface area contributed by atoms with Crippen LogP contribution in [0.5, 0.6) is 0 Å². The van der Waals surface area contributed by atoms with Crippen LogP contribution in [0.2, 0.25) is 0 Å². The van der Waals surface area contributed by atoms with Gasteiger partial charge in [-0.15, -0.1) is 11.8 Å². The summed E-state index contributed by atoms with van der Waals surface area (Å²) in [7, 11) is 0. The van der Waals surface area contributed by atoms with E-state index >= 15 is 0 Å². The number of hydrogen-bond acceptors (Lipinski definition) is 2. The molecule has 0 bridgehead atoms. The second-order valence-electron chi connectivity index (χ2n) is 4.29. The average molecular weight is 237 g/mol. The van der Waals surface area contributed by atoms with E-state index in [1.54, 1.807) is 0 Å². The van der Waals surface area contributed by atoms with E-state index in [1.165, 1.54) is 23.3 Å². The van der Waals surface area contributed by atoms with Crippen molar-refractivity contribution in [2.24, 2.45) is 11.7 Å². The normalized spacial score (nSPS) is 13.1. The largest absolute Gasteiger partial charge is 0.329 e. The highest BCUT2D eigenvalue weighted by Gasteiger charge is 2.17. The third kappa shape index (κ3) is 3.84. The summed E-state index contributed by atoms with van der Waals surface area (Å²) in [6.45, 7) is 7.42. The summed E-state index contributed by atoms with van der Waals surface area (Å²) >= 11 is 1.94. The highest BCUT2D eigenvalue weighted by Crippen LogP contribution is 2.31. The Labute approximate surface area is 104 Å². The molecule has 0 fully saturated rings. The zero-order valence-electron chi connectivity index (χ0n) is 10.6. The maximum absolute atomic E-state index is 5.89. The van der Waals surface area contributed by atoms with Crippen molar-refractivity contribution >= 4 is 11.8 Å². The molecule has 1 nitrogen and oxygen atoms in total. The molecule has 0 aromatic heterocycles. The fourth-order valence-corrected chi connectivity index (χ4v) is 3.45. The molecule has 1 rings (SSSR count). The molecule has 0 heterocycles. The van der Waals surface area contributed by atoms with Gasteiger partial charge in [-0.2, -0.15) is 0 Å². The summed E-state index contributed by atoms with van der Waals surface area (Å²) in [5.74, 6) is 0.732. The molecule has 90 valence electrons. The van der Waals surface area contributed by atoms with Crippen LogP contribution in [-0.4, -0.2) is 11.8 Å². The highest BCUT2D eigenvalue weighted by molar-refractivity contribution is 8.00. The molecule has 0 aliphatic carbocycles. The summed E-state index contributed by atoms with van der Waals surface area (Å²) in [5.41, 5.74) is 7.21. The fraction of sp³-hybridized carbons (Fsp3) is 0.571. The molecule has 1 unspecified atom stereocenters. The van der Waals surface area contributed by atoms with Crippen molar-refractivity contribution in [2.75, 3.05) is 6.54 Å². The van der Waals surface area contributed by atoms with Crippen LogP contribution in [0.4, 0.5) is 0 Å². The minimum atomic E-state index is 0.553. The van der Waals surface area contributed by atoms with Crippen LogP contribution in [0.25, 0.3) is 0 Å². The van der Waals surface area contributed by atoms with Gasteiger partial charge in [0, 0.05) is 16.7 Å². The molecule has 1 atom stereocenters. The lowest BCUT2D eigenvalue weighted by Gasteiger charge is -2.23. The van der Waals surface area contributed by atoms with Gasteiger partial charge < -0.3 is 5.73 Å². The Bertz CT molecular complexity index is 307. The number of aryl methyl sites for hydroxylation is 1. The van der Waals surface area contributed by atoms with Gasteiger partial charge in [-0.25, -0.2) is 0 Å². The van der Waals surface area contributed by atoms with Crippen LogP contribution in [0.1, 0.15) is 32.3 Å². The molecule has 16 heavy (non-hydrogen) atoms. The van der Waals surface area contributed by atoms with E-state index in [1.807, 2.05) is 11.8 Å². The summed E-state index contributed by atoms with van der Waals surface area (Å²) in [6, 6.07) is 8.69. The monoisotopic (exact) mass is 237 g/mol. The molecule has 2 heteroatoms. The van der Waals surface area contributed by atoms with Crippen molar-refractivity contribution in [3.05, 3.63) is 29.8 Å². The molecule has 0 saturated carbocycles. The van der Waals surface area contributed by atoms with Crippen LogP contribution in [0, 0.1) is 12.8 Å². The van der Waals surface area contributed by atoms with Crippen molar-refractivity contribution in [1.82, 2.24) is 0 Å². The molecule has 1 aromatic rings. The van der Waals surface area contributed by atoms with Gasteiger partial charge >= 0.3 is 0 Å². The zero-order chi connectivity index (χ0) is 12.0. The smallest absolute Gasteiger partial charge is 0.0245 e. The number of hydrogen-bond donors (Lipinski definition) is 1. The first kappa shape index (κ1) is 13.6. The van der Waals surface area contributed by atoms with E-state index in [9.17, 15) is 0 Å². The number of benzene rings is 1. The Hall–Kier alpha value is -0.470. The molecular formula is C14H23NS. The number of rotatable bonds is 6. The van der Waals surface area contributed by atoms with Gasteiger partial charge in [-0.1, -0.05) is 44.4 Å². The fourth-order valence-electron chi connectivity index (χ4n) is 2.01. The quantitative estimate of drug-likeness (QED) is 0.761. The van der Waals surface area contributed by atoms with Gasteiger partial charge in [0.05, 0.1) is 0 Å². The first-order valence-electron chi connectivity index (χ1n) is 6.14. The summed E-state index contributed by atoms with van der Waals surface area (Å²) in [6.07, 6.45) is 2.44. The highest BCUT2D eigenvalue weighted by atomic mass is 32.2. The SMILES string of the molecule is CCC(CC)C(CN)Sc1cccc(C)c1. The molecule has 0 saturated heterocycles. The summed E-state index contributed by atoms with van der Waals surface area (Å²) < 4.78 is 0. The van der Waals surface area contributed by atoms with Crippen molar-refractivity contribution in [3.63, 3.8) is 0 Å². The lowest BCUT2D eigenvalue weighted by Crippen LogP contribution is -2.25. The Kier molecular flexibility index (Phi) is 5.93. The maximum Gasteiger partial charge on any atom is 0.0245 e. The molecule has 1 aromatic carbocycles. The average Bonchev–Trinajstić information content (AvgIpc) is 2.29. The van der Waals surface area contributed by atoms with Gasteiger partial charge in [-0.05, 0) is 25.0 Å². The molecule has 2 N–H and O–H groups in total. The van der Waals surface area contributed by atoms with Crippen LogP contribution >= 0.6 is 11.8 Å². The van der Waals surface area contributed by atoms with Gasteiger partial charge in [-0.3, -0.25) is 0 Å². The summed E-state index contributed by atoms with van der Waals surface area (Å²) in [4.78, 5) is 1.35. The molecule has 0 aliphatic heterocycles. The van der Waals surface area contributed by atoms with E-state index in [4.69, 9.17) is 5.73 Å². The first-order valence-corrected chi connectivity index (χ1v) is 7.02. The van der Waals surface area contributed by atoms with E-state index < -0.39 is 0 Å². The Balaban J connectivity index is 2.69. The van der Waals surface area contributed by atoms with Crippen molar-refractivity contribution in [3.8, 4) is 0 Å². The summed E-state index contributed by atoms with van der Waals surface area (Å²) in [5, 5.41) is 0.553. The van der Waals surface area contributed by atoms with E-state index in [0.29, 0.717) is 5.25 Å². The lowest BCUT2D eigenvalue weighted by molar-refractivity contribution is 0.475. The van der Waals surface area contributed by atoms with Crippen molar-refractivity contribution in [2.45, 2.75) is 43.8 Å². The predicted octanol–water partition coefficient (Wildman–Crippen LogP) is 3.85. The third-order valence-electron chi connectivity index (χ3n) is 3.08. The number of nitrogens with two attached hydrogens (primary N) is 1. The second-order valence-corrected chi connectivity index (χ2v) is 5.60. The van der Waals surface area contributed by atoms with Gasteiger partial charge in [0.1, 0.15) is 0 Å². The van der Waals surface area contributed by atoms with Crippen LogP contribution in [-0.2, 0) is 0 Å². The van der Waals surface area contributed by atoms with Crippen molar-refractivity contribution < 1.29 is 0 Å². The van der Waals surface area contributed by atoms with Crippen LogP contribution < -0.4 is 5.73 Å². The van der Waals surface area contributed by atoms with Crippen LogP contribution in [0.3, 0.4) is 0 Å². The predicted molar refractivity (Wildman–Crippen MR) is 74.0 cm³/mol. The minimum Gasteiger partial charge on any atom is -0.329 e. The molecule has 0 amide bonds. The van der Waals surface area contributed by atoms with Gasteiger partial charge in [0.25, 0.3) is 0 Å². The van der Waals surface area contributed by atoms with Gasteiger partial charge in [0.2, 0.25) is 0 Å². The first-order chi connectivity index (χ1) is 7.71. The molecule has 0 radical (unpaired) electrons. The lowest BCUT2D eigenvalue weighted by atomic mass is 9.99. The maximum atomic E-state index is 5.89.